The molecular formula is C18H13ClN4O4S. The number of nitrogens with zero attached hydrogens (tertiary/aromatic N) is 3. The van der Waals surface area contributed by atoms with E-state index in [0.717, 1.165) is 0 Å². The summed E-state index contributed by atoms with van der Waals surface area (Å²) in [5, 5.41) is 18.9. The second-order valence-electron chi connectivity index (χ2n) is 6.12. The van der Waals surface area contributed by atoms with Crippen LogP contribution in [0.4, 0.5) is 11.5 Å². The summed E-state index contributed by atoms with van der Waals surface area (Å²) in [6, 6.07) is 12.6. The lowest BCUT2D eigenvalue weighted by Gasteiger charge is -2.11. The number of fused-ring (bicyclic) bond motifs is 1. The van der Waals surface area contributed by atoms with Crippen molar-refractivity contribution in [3.63, 3.8) is 0 Å². The van der Waals surface area contributed by atoms with E-state index in [1.54, 1.807) is 30.3 Å². The third-order valence-electron chi connectivity index (χ3n) is 4.30. The van der Waals surface area contributed by atoms with Crippen LogP contribution in [0.5, 0.6) is 0 Å². The van der Waals surface area contributed by atoms with E-state index < -0.39 is 21.6 Å². The average Bonchev–Trinajstić information content (AvgIpc) is 3.18. The molecule has 1 amide bonds. The molecule has 1 atom stereocenters. The number of anilines is 1. The number of halogens is 1. The van der Waals surface area contributed by atoms with Gasteiger partial charge in [0.05, 0.1) is 27.8 Å². The zero-order valence-corrected chi connectivity index (χ0v) is 15.9. The number of para-hydroxylation sites is 1. The summed E-state index contributed by atoms with van der Waals surface area (Å²) >= 11 is 6.07. The molecule has 2 aromatic carbocycles. The van der Waals surface area contributed by atoms with Crippen LogP contribution in [0.3, 0.4) is 0 Å². The highest BCUT2D eigenvalue weighted by Crippen LogP contribution is 2.32. The standard InChI is InChI=1S/C18H13ClN4O4S/c19-11-4-3-5-12(8-11)22-17(14-9-28(27)10-15(14)21-22)20-18(24)13-6-1-2-7-16(13)23(25)26/h1-8H,9-10H2,(H,20,24)/t28-/m1/s1. The van der Waals surface area contributed by atoms with Gasteiger partial charge in [0.1, 0.15) is 11.4 Å². The molecule has 0 bridgehead atoms. The highest BCUT2D eigenvalue weighted by molar-refractivity contribution is 7.83. The van der Waals surface area contributed by atoms with Crippen LogP contribution >= 0.6 is 11.6 Å². The summed E-state index contributed by atoms with van der Waals surface area (Å²) in [4.78, 5) is 23.4. The van der Waals surface area contributed by atoms with Crippen LogP contribution in [0.2, 0.25) is 5.02 Å². The van der Waals surface area contributed by atoms with Crippen molar-refractivity contribution in [2.24, 2.45) is 0 Å². The number of hydrogen-bond acceptors (Lipinski definition) is 5. The number of nitro groups is 1. The van der Waals surface area contributed by atoms with Crippen molar-refractivity contribution in [2.45, 2.75) is 11.5 Å². The van der Waals surface area contributed by atoms with Gasteiger partial charge in [-0.2, -0.15) is 5.10 Å². The molecule has 2 heterocycles. The van der Waals surface area contributed by atoms with Crippen LogP contribution in [0.15, 0.2) is 48.5 Å². The van der Waals surface area contributed by atoms with Gasteiger partial charge in [0.25, 0.3) is 11.6 Å². The van der Waals surface area contributed by atoms with Gasteiger partial charge >= 0.3 is 0 Å². The predicted octanol–water partition coefficient (Wildman–Crippen LogP) is 3.45. The quantitative estimate of drug-likeness (QED) is 0.517. The predicted molar refractivity (Wildman–Crippen MR) is 105 cm³/mol. The zero-order valence-electron chi connectivity index (χ0n) is 14.3. The molecule has 1 aromatic heterocycles. The van der Waals surface area contributed by atoms with Crippen LogP contribution in [0.25, 0.3) is 5.69 Å². The lowest BCUT2D eigenvalue weighted by molar-refractivity contribution is -0.385. The van der Waals surface area contributed by atoms with E-state index in [0.29, 0.717) is 27.8 Å². The van der Waals surface area contributed by atoms with Crippen molar-refractivity contribution >= 4 is 39.8 Å². The molecule has 1 aliphatic rings. The molecule has 0 fully saturated rings. The topological polar surface area (TPSA) is 107 Å². The summed E-state index contributed by atoms with van der Waals surface area (Å²) in [5.41, 5.74) is 1.53. The van der Waals surface area contributed by atoms with Gasteiger partial charge in [0.15, 0.2) is 0 Å². The van der Waals surface area contributed by atoms with Gasteiger partial charge in [-0.1, -0.05) is 29.8 Å². The van der Waals surface area contributed by atoms with Crippen LogP contribution < -0.4 is 5.32 Å². The Morgan fingerprint density at radius 3 is 2.75 bits per heavy atom. The molecule has 28 heavy (non-hydrogen) atoms. The highest BCUT2D eigenvalue weighted by Gasteiger charge is 2.29. The van der Waals surface area contributed by atoms with Crippen LogP contribution in [0.1, 0.15) is 21.6 Å². The Bertz CT molecular complexity index is 1140. The van der Waals surface area contributed by atoms with E-state index >= 15 is 0 Å². The molecule has 0 saturated heterocycles. The van der Waals surface area contributed by atoms with Gasteiger partial charge in [0, 0.05) is 27.5 Å². The Hall–Kier alpha value is -3.04. The molecule has 8 nitrogen and oxygen atoms in total. The number of benzene rings is 2. The maximum absolute atomic E-state index is 12.8. The van der Waals surface area contributed by atoms with Gasteiger partial charge in [-0.3, -0.25) is 19.1 Å². The zero-order chi connectivity index (χ0) is 19.8. The summed E-state index contributed by atoms with van der Waals surface area (Å²) in [7, 11) is -1.10. The largest absolute Gasteiger partial charge is 0.306 e. The Labute approximate surface area is 166 Å². The van der Waals surface area contributed by atoms with Crippen LogP contribution in [-0.4, -0.2) is 24.8 Å². The minimum absolute atomic E-state index is 0.0702. The van der Waals surface area contributed by atoms with Crippen molar-refractivity contribution in [2.75, 3.05) is 5.32 Å². The molecule has 0 spiro atoms. The first-order chi connectivity index (χ1) is 13.4. The molecule has 3 aromatic rings. The molecule has 142 valence electrons. The third-order valence-corrected chi connectivity index (χ3v) is 5.74. The SMILES string of the molecule is O=C(Nc1c2c(nn1-c1cccc(Cl)c1)C[S@](=O)C2)c1ccccc1[N+](=O)[O-]. The van der Waals surface area contributed by atoms with Crippen molar-refractivity contribution in [1.29, 1.82) is 0 Å². The fraction of sp³-hybridized carbons (Fsp3) is 0.111. The molecule has 0 unspecified atom stereocenters. The summed E-state index contributed by atoms with van der Waals surface area (Å²) in [5.74, 6) is 0.238. The molecule has 1 aliphatic heterocycles. The van der Waals surface area contributed by atoms with Crippen molar-refractivity contribution in [1.82, 2.24) is 9.78 Å². The number of hydrogen-bond donors (Lipinski definition) is 1. The molecule has 1 N–H and O–H groups in total. The highest BCUT2D eigenvalue weighted by atomic mass is 35.5. The maximum atomic E-state index is 12.8. The normalized spacial score (nSPS) is 15.2. The molecule has 10 heteroatoms. The molecule has 0 saturated carbocycles. The maximum Gasteiger partial charge on any atom is 0.282 e. The number of amides is 1. The smallest absolute Gasteiger partial charge is 0.282 e. The first-order valence-corrected chi connectivity index (χ1v) is 10.1. The number of rotatable bonds is 4. The summed E-state index contributed by atoms with van der Waals surface area (Å²) < 4.78 is 13.5. The molecular weight excluding hydrogens is 404 g/mol. The van der Waals surface area contributed by atoms with E-state index in [2.05, 4.69) is 10.4 Å². The number of nitro benzene ring substituents is 1. The Morgan fingerprint density at radius 2 is 2.00 bits per heavy atom. The van der Waals surface area contributed by atoms with Crippen molar-refractivity contribution in [3.05, 3.63) is 80.5 Å². The molecule has 0 radical (unpaired) electrons. The average molecular weight is 417 g/mol. The fourth-order valence-corrected chi connectivity index (χ4v) is 4.50. The second kappa shape index (κ2) is 7.17. The first-order valence-electron chi connectivity index (χ1n) is 8.20. The van der Waals surface area contributed by atoms with Crippen LogP contribution in [0, 0.1) is 10.1 Å². The van der Waals surface area contributed by atoms with Gasteiger partial charge in [-0.25, -0.2) is 4.68 Å². The van der Waals surface area contributed by atoms with Gasteiger partial charge in [-0.15, -0.1) is 0 Å². The van der Waals surface area contributed by atoms with E-state index in [4.69, 9.17) is 11.6 Å². The monoisotopic (exact) mass is 416 g/mol. The minimum atomic E-state index is -1.10. The van der Waals surface area contributed by atoms with Gasteiger partial charge < -0.3 is 5.32 Å². The Balaban J connectivity index is 1.78. The summed E-state index contributed by atoms with van der Waals surface area (Å²) in [6.07, 6.45) is 0. The van der Waals surface area contributed by atoms with Crippen molar-refractivity contribution < 1.29 is 13.9 Å². The summed E-state index contributed by atoms with van der Waals surface area (Å²) in [6.45, 7) is 0. The van der Waals surface area contributed by atoms with E-state index in [1.807, 2.05) is 0 Å². The van der Waals surface area contributed by atoms with Crippen molar-refractivity contribution in [3.8, 4) is 5.69 Å². The molecule has 4 rings (SSSR count). The fourth-order valence-electron chi connectivity index (χ4n) is 3.05. The lowest BCUT2D eigenvalue weighted by Crippen LogP contribution is -2.17. The number of carbonyl (C=O) groups excluding carboxylic acids is 1. The number of carbonyl (C=O) groups is 1. The Morgan fingerprint density at radius 1 is 1.21 bits per heavy atom. The van der Waals surface area contributed by atoms with E-state index in [9.17, 15) is 19.1 Å². The van der Waals surface area contributed by atoms with Gasteiger partial charge in [-0.05, 0) is 24.3 Å². The number of nitrogens with one attached hydrogen (secondary N) is 1. The van der Waals surface area contributed by atoms with Crippen LogP contribution in [-0.2, 0) is 22.3 Å². The second-order valence-corrected chi connectivity index (χ2v) is 8.02. The Kier molecular flexibility index (Phi) is 4.70. The minimum Gasteiger partial charge on any atom is -0.306 e. The number of aromatic nitrogens is 2. The van der Waals surface area contributed by atoms with E-state index in [-0.39, 0.29) is 22.8 Å². The third kappa shape index (κ3) is 3.30. The lowest BCUT2D eigenvalue weighted by atomic mass is 10.1. The molecule has 0 aliphatic carbocycles. The first kappa shape index (κ1) is 18.3. The van der Waals surface area contributed by atoms with E-state index in [1.165, 1.54) is 22.9 Å². The van der Waals surface area contributed by atoms with Gasteiger partial charge in [0.2, 0.25) is 0 Å².